The minimum Gasteiger partial charge on any atom is -0.244 e. The largest absolute Gasteiger partial charge is 0.244 e. The Kier molecular flexibility index (Phi) is 2.74. The van der Waals surface area contributed by atoms with E-state index in [2.05, 4.69) is 13.8 Å². The topological polar surface area (TPSA) is 0 Å². The van der Waals surface area contributed by atoms with Crippen LogP contribution in [0.2, 0.25) is 0 Å². The van der Waals surface area contributed by atoms with E-state index in [1.807, 2.05) is 0 Å². The van der Waals surface area contributed by atoms with E-state index >= 15 is 0 Å². The SMILES string of the molecule is CC(C)C1[CH]C(F)C(C)(F)CC1. The molecule has 3 unspecified atom stereocenters. The highest BCUT2D eigenvalue weighted by atomic mass is 19.2. The van der Waals surface area contributed by atoms with Crippen molar-refractivity contribution in [3.05, 3.63) is 6.42 Å². The van der Waals surface area contributed by atoms with Crippen LogP contribution in [0.15, 0.2) is 0 Å². The van der Waals surface area contributed by atoms with E-state index < -0.39 is 11.8 Å². The Morgan fingerprint density at radius 3 is 2.50 bits per heavy atom. The van der Waals surface area contributed by atoms with Crippen molar-refractivity contribution in [2.24, 2.45) is 11.8 Å². The molecule has 1 fully saturated rings. The minimum absolute atomic E-state index is 0.254. The molecule has 12 heavy (non-hydrogen) atoms. The summed E-state index contributed by atoms with van der Waals surface area (Å²) in [5.74, 6) is 0.683. The molecule has 1 rings (SSSR count). The molecule has 0 amide bonds. The molecule has 1 saturated carbocycles. The van der Waals surface area contributed by atoms with Crippen molar-refractivity contribution in [2.45, 2.75) is 45.5 Å². The fourth-order valence-corrected chi connectivity index (χ4v) is 1.66. The Labute approximate surface area is 73.3 Å². The zero-order chi connectivity index (χ0) is 9.35. The number of rotatable bonds is 1. The molecule has 0 aliphatic heterocycles. The van der Waals surface area contributed by atoms with Crippen LogP contribution in [0.3, 0.4) is 0 Å². The summed E-state index contributed by atoms with van der Waals surface area (Å²) in [6, 6.07) is 0. The molecule has 1 radical (unpaired) electrons. The van der Waals surface area contributed by atoms with E-state index in [1.54, 1.807) is 0 Å². The Bertz CT molecular complexity index is 152. The minimum atomic E-state index is -1.62. The molecule has 1 aliphatic carbocycles. The van der Waals surface area contributed by atoms with Gasteiger partial charge in [0, 0.05) is 6.42 Å². The first kappa shape index (κ1) is 9.94. The summed E-state index contributed by atoms with van der Waals surface area (Å²) in [7, 11) is 0. The molecule has 0 saturated heterocycles. The highest BCUT2D eigenvalue weighted by Crippen LogP contribution is 2.38. The molecule has 3 atom stereocenters. The highest BCUT2D eigenvalue weighted by Gasteiger charge is 2.41. The second-order valence-corrected chi connectivity index (χ2v) is 4.32. The van der Waals surface area contributed by atoms with Crippen molar-refractivity contribution in [2.75, 3.05) is 0 Å². The van der Waals surface area contributed by atoms with Gasteiger partial charge in [0.1, 0.15) is 11.8 Å². The van der Waals surface area contributed by atoms with Gasteiger partial charge in [-0.05, 0) is 31.6 Å². The van der Waals surface area contributed by atoms with Crippen LogP contribution >= 0.6 is 0 Å². The zero-order valence-corrected chi connectivity index (χ0v) is 7.98. The van der Waals surface area contributed by atoms with Gasteiger partial charge in [0.05, 0.1) is 0 Å². The molecule has 2 heteroatoms. The third-order valence-corrected chi connectivity index (χ3v) is 2.81. The molecule has 0 aromatic rings. The monoisotopic (exact) mass is 175 g/mol. The van der Waals surface area contributed by atoms with Crippen LogP contribution in [0.4, 0.5) is 8.78 Å². The lowest BCUT2D eigenvalue weighted by atomic mass is 9.75. The molecule has 0 heterocycles. The molecule has 0 spiro atoms. The second-order valence-electron chi connectivity index (χ2n) is 4.32. The standard InChI is InChI=1S/C10H17F2/c1-7(2)8-4-5-10(3,12)9(11)6-8/h6-9H,4-5H2,1-3H3. The van der Waals surface area contributed by atoms with Crippen molar-refractivity contribution < 1.29 is 8.78 Å². The predicted molar refractivity (Wildman–Crippen MR) is 46.3 cm³/mol. The summed E-state index contributed by atoms with van der Waals surface area (Å²) in [5.41, 5.74) is -1.62. The summed E-state index contributed by atoms with van der Waals surface area (Å²) >= 11 is 0. The van der Waals surface area contributed by atoms with Crippen molar-refractivity contribution in [3.8, 4) is 0 Å². The van der Waals surface area contributed by atoms with Gasteiger partial charge in [-0.25, -0.2) is 8.78 Å². The number of alkyl halides is 2. The van der Waals surface area contributed by atoms with Gasteiger partial charge < -0.3 is 0 Å². The first-order chi connectivity index (χ1) is 5.43. The molecule has 0 aromatic heterocycles. The van der Waals surface area contributed by atoms with Crippen molar-refractivity contribution in [1.29, 1.82) is 0 Å². The molecule has 71 valence electrons. The third kappa shape index (κ3) is 1.96. The molecular formula is C10H17F2. The van der Waals surface area contributed by atoms with Crippen molar-refractivity contribution in [1.82, 2.24) is 0 Å². The maximum Gasteiger partial charge on any atom is 0.139 e. The Morgan fingerprint density at radius 2 is 2.08 bits per heavy atom. The van der Waals surface area contributed by atoms with Crippen LogP contribution < -0.4 is 0 Å². The van der Waals surface area contributed by atoms with Gasteiger partial charge >= 0.3 is 0 Å². The van der Waals surface area contributed by atoms with Crippen molar-refractivity contribution in [3.63, 3.8) is 0 Å². The predicted octanol–water partition coefficient (Wildman–Crippen LogP) is 3.32. The molecule has 0 aromatic carbocycles. The molecular weight excluding hydrogens is 158 g/mol. The normalized spacial score (nSPS) is 43.5. The summed E-state index contributed by atoms with van der Waals surface area (Å²) in [6.45, 7) is 5.45. The van der Waals surface area contributed by atoms with Gasteiger partial charge in [0.2, 0.25) is 0 Å². The van der Waals surface area contributed by atoms with Gasteiger partial charge in [-0.1, -0.05) is 13.8 Å². The summed E-state index contributed by atoms with van der Waals surface area (Å²) < 4.78 is 26.4. The smallest absolute Gasteiger partial charge is 0.139 e. The summed E-state index contributed by atoms with van der Waals surface area (Å²) in [5, 5.41) is 0. The number of hydrogen-bond donors (Lipinski definition) is 0. The summed E-state index contributed by atoms with van der Waals surface area (Å²) in [4.78, 5) is 0. The first-order valence-corrected chi connectivity index (χ1v) is 4.61. The average molecular weight is 175 g/mol. The Morgan fingerprint density at radius 1 is 1.50 bits per heavy atom. The van der Waals surface area contributed by atoms with Gasteiger partial charge in [-0.2, -0.15) is 0 Å². The maximum atomic E-state index is 13.3. The third-order valence-electron chi connectivity index (χ3n) is 2.81. The van der Waals surface area contributed by atoms with Crippen LogP contribution in [0.25, 0.3) is 0 Å². The lowest BCUT2D eigenvalue weighted by Crippen LogP contribution is -2.39. The lowest BCUT2D eigenvalue weighted by molar-refractivity contribution is 0.0359. The molecule has 0 N–H and O–H groups in total. The van der Waals surface area contributed by atoms with Gasteiger partial charge in [-0.3, -0.25) is 0 Å². The second kappa shape index (κ2) is 3.31. The van der Waals surface area contributed by atoms with Crippen LogP contribution in [0, 0.1) is 18.3 Å². The molecule has 1 aliphatic rings. The van der Waals surface area contributed by atoms with E-state index in [0.29, 0.717) is 12.3 Å². The lowest BCUT2D eigenvalue weighted by Gasteiger charge is -2.35. The van der Waals surface area contributed by atoms with Crippen molar-refractivity contribution >= 4 is 0 Å². The number of halogens is 2. The Balaban J connectivity index is 2.52. The van der Waals surface area contributed by atoms with Crippen LogP contribution in [-0.4, -0.2) is 11.8 Å². The van der Waals surface area contributed by atoms with Crippen LogP contribution in [0.5, 0.6) is 0 Å². The van der Waals surface area contributed by atoms with E-state index in [-0.39, 0.29) is 5.92 Å². The van der Waals surface area contributed by atoms with Gasteiger partial charge in [-0.15, -0.1) is 0 Å². The first-order valence-electron chi connectivity index (χ1n) is 4.61. The van der Waals surface area contributed by atoms with Gasteiger partial charge in [0.15, 0.2) is 0 Å². The average Bonchev–Trinajstić information content (AvgIpc) is 1.94. The molecule has 0 nitrogen and oxygen atoms in total. The summed E-state index contributed by atoms with van der Waals surface area (Å²) in [6.07, 6.45) is 1.30. The molecule has 0 bridgehead atoms. The Hall–Kier alpha value is -0.140. The fourth-order valence-electron chi connectivity index (χ4n) is 1.66. The highest BCUT2D eigenvalue weighted by molar-refractivity contribution is 5.01. The maximum absolute atomic E-state index is 13.3. The van der Waals surface area contributed by atoms with Gasteiger partial charge in [0.25, 0.3) is 0 Å². The van der Waals surface area contributed by atoms with E-state index in [4.69, 9.17) is 0 Å². The van der Waals surface area contributed by atoms with E-state index in [0.717, 1.165) is 6.42 Å². The zero-order valence-electron chi connectivity index (χ0n) is 7.98. The number of hydrogen-bond acceptors (Lipinski definition) is 0. The van der Waals surface area contributed by atoms with E-state index in [1.165, 1.54) is 13.3 Å². The quantitative estimate of drug-likeness (QED) is 0.573. The van der Waals surface area contributed by atoms with E-state index in [9.17, 15) is 8.78 Å². The van der Waals surface area contributed by atoms with Crippen LogP contribution in [-0.2, 0) is 0 Å². The van der Waals surface area contributed by atoms with Crippen LogP contribution in [0.1, 0.15) is 33.6 Å². The fraction of sp³-hybridized carbons (Fsp3) is 0.900.